The van der Waals surface area contributed by atoms with Crippen LogP contribution in [0.1, 0.15) is 31.2 Å². The molecule has 0 unspecified atom stereocenters. The van der Waals surface area contributed by atoms with E-state index in [9.17, 15) is 24.8 Å². The summed E-state index contributed by atoms with van der Waals surface area (Å²) in [5, 5.41) is 29.6. The van der Waals surface area contributed by atoms with Gasteiger partial charge in [-0.1, -0.05) is 6.42 Å². The number of carbonyl (C=O) groups is 2. The minimum atomic E-state index is -0.514. The fourth-order valence-corrected chi connectivity index (χ4v) is 5.13. The third kappa shape index (κ3) is 5.06. The van der Waals surface area contributed by atoms with Crippen LogP contribution in [0.5, 0.6) is 5.75 Å². The number of thioether (sulfide) groups is 1. The fourth-order valence-electron chi connectivity index (χ4n) is 3.58. The van der Waals surface area contributed by atoms with E-state index in [4.69, 9.17) is 0 Å². The van der Waals surface area contributed by atoms with Gasteiger partial charge in [-0.3, -0.25) is 14.9 Å². The van der Waals surface area contributed by atoms with E-state index < -0.39 is 4.92 Å². The first-order valence-corrected chi connectivity index (χ1v) is 10.4. The predicted molar refractivity (Wildman–Crippen MR) is 105 cm³/mol. The molecule has 1 aromatic carbocycles. The molecule has 3 atom stereocenters. The largest absolute Gasteiger partial charge is 0.508 e. The minimum absolute atomic E-state index is 0.0132. The van der Waals surface area contributed by atoms with Gasteiger partial charge >= 0.3 is 6.03 Å². The maximum atomic E-state index is 12.0. The Morgan fingerprint density at radius 3 is 2.96 bits per heavy atom. The molecular weight excluding hydrogens is 384 g/mol. The van der Waals surface area contributed by atoms with E-state index in [-0.39, 0.29) is 35.5 Å². The normalized spacial score (nSPS) is 23.0. The summed E-state index contributed by atoms with van der Waals surface area (Å²) in [6.07, 6.45) is 3.38. The van der Waals surface area contributed by atoms with E-state index in [2.05, 4.69) is 16.0 Å². The number of non-ortho nitro benzene ring substituents is 1. The molecule has 4 N–H and O–H groups in total. The highest BCUT2D eigenvalue weighted by atomic mass is 32.2. The summed E-state index contributed by atoms with van der Waals surface area (Å²) < 4.78 is 0. The predicted octanol–water partition coefficient (Wildman–Crippen LogP) is 1.68. The third-order valence-electron chi connectivity index (χ3n) is 5.07. The number of phenolic OH excluding ortho intramolecular Hbond substituents is 1. The number of phenols is 1. The van der Waals surface area contributed by atoms with Crippen molar-refractivity contribution in [1.82, 2.24) is 16.0 Å². The molecule has 152 valence electrons. The summed E-state index contributed by atoms with van der Waals surface area (Å²) in [6, 6.07) is 4.18. The first-order chi connectivity index (χ1) is 13.4. The Kier molecular flexibility index (Phi) is 6.61. The number of nitrogens with zero attached hydrogens (tertiary/aromatic N) is 1. The van der Waals surface area contributed by atoms with E-state index in [1.54, 1.807) is 0 Å². The zero-order valence-electron chi connectivity index (χ0n) is 15.3. The number of aromatic hydroxyl groups is 1. The van der Waals surface area contributed by atoms with Crippen LogP contribution in [0.25, 0.3) is 0 Å². The van der Waals surface area contributed by atoms with Gasteiger partial charge in [0.05, 0.1) is 17.0 Å². The molecule has 0 saturated carbocycles. The van der Waals surface area contributed by atoms with Crippen molar-refractivity contribution in [2.45, 2.75) is 49.4 Å². The summed E-state index contributed by atoms with van der Waals surface area (Å²) in [5.74, 6) is 0.845. The Hall–Kier alpha value is -2.49. The lowest BCUT2D eigenvalue weighted by molar-refractivity contribution is -0.384. The molecule has 2 fully saturated rings. The Labute approximate surface area is 166 Å². The highest BCUT2D eigenvalue weighted by Gasteiger charge is 2.42. The molecule has 2 saturated heterocycles. The van der Waals surface area contributed by atoms with Crippen molar-refractivity contribution in [3.05, 3.63) is 33.9 Å². The topological polar surface area (TPSA) is 134 Å². The number of nitrogens with one attached hydrogen (secondary N) is 3. The maximum absolute atomic E-state index is 12.0. The average Bonchev–Trinajstić information content (AvgIpc) is 3.19. The Morgan fingerprint density at radius 2 is 2.18 bits per heavy atom. The molecule has 2 heterocycles. The number of carbonyl (C=O) groups excluding carboxylic acids is 2. The van der Waals surface area contributed by atoms with E-state index in [1.807, 2.05) is 11.8 Å². The summed E-state index contributed by atoms with van der Waals surface area (Å²) in [6.45, 7) is 0.313. The summed E-state index contributed by atoms with van der Waals surface area (Å²) in [5.41, 5.74) is 0.356. The zero-order chi connectivity index (χ0) is 20.1. The second-order valence-corrected chi connectivity index (χ2v) is 8.31. The van der Waals surface area contributed by atoms with Crippen molar-refractivity contribution < 1.29 is 19.6 Å². The molecule has 2 aliphatic rings. The second kappa shape index (κ2) is 9.13. The number of nitro benzene ring substituents is 1. The van der Waals surface area contributed by atoms with Crippen LogP contribution in [-0.4, -0.2) is 51.6 Å². The number of unbranched alkanes of at least 4 members (excludes halogenated alkanes) is 1. The van der Waals surface area contributed by atoms with Gasteiger partial charge in [-0.2, -0.15) is 11.8 Å². The van der Waals surface area contributed by atoms with Crippen molar-refractivity contribution in [1.29, 1.82) is 0 Å². The Balaban J connectivity index is 1.32. The van der Waals surface area contributed by atoms with Crippen LogP contribution < -0.4 is 16.0 Å². The molecule has 0 spiro atoms. The number of nitro groups is 1. The molecule has 0 aromatic heterocycles. The smallest absolute Gasteiger partial charge is 0.315 e. The molecular formula is C18H24N4O5S. The minimum Gasteiger partial charge on any atom is -0.508 e. The molecule has 2 aliphatic heterocycles. The molecule has 9 nitrogen and oxygen atoms in total. The number of fused-ring (bicyclic) bond motifs is 1. The standard InChI is InChI=1S/C18H24N4O5S/c23-14-6-5-12(22(26)27)9-11(14)7-8-19-16(24)4-2-1-3-15-17-13(10-28-15)20-18(25)21-17/h5-6,9,13,15,17,23H,1-4,7-8,10H2,(H,19,24)(H2,20,21,25)/t13-,15-,17-/m0/s1. The van der Waals surface area contributed by atoms with E-state index >= 15 is 0 Å². The number of benzene rings is 1. The van der Waals surface area contributed by atoms with Crippen LogP contribution in [0.4, 0.5) is 10.5 Å². The number of rotatable bonds is 9. The van der Waals surface area contributed by atoms with Crippen LogP contribution in [0.2, 0.25) is 0 Å². The first-order valence-electron chi connectivity index (χ1n) is 9.35. The van der Waals surface area contributed by atoms with Crippen LogP contribution in [0.15, 0.2) is 18.2 Å². The average molecular weight is 408 g/mol. The molecule has 0 bridgehead atoms. The van der Waals surface area contributed by atoms with E-state index in [1.165, 1.54) is 18.2 Å². The van der Waals surface area contributed by atoms with Gasteiger partial charge in [-0.15, -0.1) is 0 Å². The highest BCUT2D eigenvalue weighted by Crippen LogP contribution is 2.33. The van der Waals surface area contributed by atoms with Gasteiger partial charge in [-0.25, -0.2) is 4.79 Å². The molecule has 28 heavy (non-hydrogen) atoms. The molecule has 1 aromatic rings. The maximum Gasteiger partial charge on any atom is 0.315 e. The highest BCUT2D eigenvalue weighted by molar-refractivity contribution is 8.00. The Morgan fingerprint density at radius 1 is 1.36 bits per heavy atom. The molecule has 3 amide bonds. The van der Waals surface area contributed by atoms with Gasteiger partial charge in [0.15, 0.2) is 0 Å². The quantitative estimate of drug-likeness (QED) is 0.213. The summed E-state index contributed by atoms with van der Waals surface area (Å²) >= 11 is 1.86. The Bertz CT molecular complexity index is 759. The van der Waals surface area contributed by atoms with Crippen molar-refractivity contribution in [2.24, 2.45) is 0 Å². The first kappa shape index (κ1) is 20.2. The molecule has 3 rings (SSSR count). The number of amides is 3. The van der Waals surface area contributed by atoms with Crippen LogP contribution >= 0.6 is 11.8 Å². The number of hydrogen-bond acceptors (Lipinski definition) is 6. The van der Waals surface area contributed by atoms with Crippen LogP contribution in [0, 0.1) is 10.1 Å². The van der Waals surface area contributed by atoms with E-state index in [0.717, 1.165) is 25.0 Å². The molecule has 0 aliphatic carbocycles. The van der Waals surface area contributed by atoms with Crippen molar-refractivity contribution in [3.63, 3.8) is 0 Å². The fraction of sp³-hybridized carbons (Fsp3) is 0.556. The zero-order valence-corrected chi connectivity index (χ0v) is 16.2. The summed E-state index contributed by atoms with van der Waals surface area (Å²) in [4.78, 5) is 33.6. The number of hydrogen-bond donors (Lipinski definition) is 4. The van der Waals surface area contributed by atoms with Gasteiger partial charge in [0.1, 0.15) is 5.75 Å². The van der Waals surface area contributed by atoms with Crippen molar-refractivity contribution >= 4 is 29.4 Å². The lowest BCUT2D eigenvalue weighted by Gasteiger charge is -2.16. The van der Waals surface area contributed by atoms with Crippen LogP contribution in [0.3, 0.4) is 0 Å². The third-order valence-corrected chi connectivity index (χ3v) is 6.58. The van der Waals surface area contributed by atoms with Gasteiger partial charge < -0.3 is 21.1 Å². The molecule has 0 radical (unpaired) electrons. The van der Waals surface area contributed by atoms with Gasteiger partial charge in [0.25, 0.3) is 5.69 Å². The number of urea groups is 1. The SMILES string of the molecule is O=C(CCCC[C@@H]1SC[C@@H]2NC(=O)N[C@@H]21)NCCc1cc([N+](=O)[O-])ccc1O. The summed E-state index contributed by atoms with van der Waals surface area (Å²) in [7, 11) is 0. The van der Waals surface area contributed by atoms with Gasteiger partial charge in [0, 0.05) is 41.7 Å². The lowest BCUT2D eigenvalue weighted by Crippen LogP contribution is -2.36. The van der Waals surface area contributed by atoms with Gasteiger partial charge in [-0.05, 0) is 25.3 Å². The van der Waals surface area contributed by atoms with Crippen molar-refractivity contribution in [2.75, 3.05) is 12.3 Å². The monoisotopic (exact) mass is 408 g/mol. The molecule has 10 heteroatoms. The van der Waals surface area contributed by atoms with Crippen LogP contribution in [-0.2, 0) is 11.2 Å². The second-order valence-electron chi connectivity index (χ2n) is 7.04. The van der Waals surface area contributed by atoms with Crippen molar-refractivity contribution in [3.8, 4) is 5.75 Å². The van der Waals surface area contributed by atoms with E-state index in [0.29, 0.717) is 30.2 Å². The lowest BCUT2D eigenvalue weighted by atomic mass is 10.0. The van der Waals surface area contributed by atoms with Gasteiger partial charge in [0.2, 0.25) is 5.91 Å².